The van der Waals surface area contributed by atoms with Crippen LogP contribution in [0.25, 0.3) is 5.69 Å². The minimum atomic E-state index is -0.868. The molecule has 1 atom stereocenters. The van der Waals surface area contributed by atoms with Gasteiger partial charge in [0.1, 0.15) is 0 Å². The smallest absolute Gasteiger partial charge is 0.379 e. The van der Waals surface area contributed by atoms with Gasteiger partial charge in [0.05, 0.1) is 24.4 Å². The summed E-state index contributed by atoms with van der Waals surface area (Å²) in [6.07, 6.45) is -0.868. The molecule has 2 aromatic carbocycles. The van der Waals surface area contributed by atoms with Gasteiger partial charge in [-0.1, -0.05) is 36.4 Å². The van der Waals surface area contributed by atoms with Crippen LogP contribution in [-0.4, -0.2) is 70.1 Å². The summed E-state index contributed by atoms with van der Waals surface area (Å²) in [5, 5.41) is 0. The molecule has 184 valence electrons. The zero-order valence-corrected chi connectivity index (χ0v) is 19.9. The highest BCUT2D eigenvalue weighted by molar-refractivity contribution is 5.95. The molecule has 5 rings (SSSR count). The third kappa shape index (κ3) is 4.08. The number of benzene rings is 2. The number of carbonyl (C=O) groups is 1. The summed E-state index contributed by atoms with van der Waals surface area (Å²) in [6.45, 7) is 7.88. The molecule has 2 amide bonds. The second-order valence-electron chi connectivity index (χ2n) is 9.26. The van der Waals surface area contributed by atoms with Crippen LogP contribution in [0.1, 0.15) is 20.0 Å². The zero-order valence-electron chi connectivity index (χ0n) is 19.9. The van der Waals surface area contributed by atoms with E-state index in [1.54, 1.807) is 40.1 Å². The van der Waals surface area contributed by atoms with E-state index in [4.69, 9.17) is 9.26 Å². The van der Waals surface area contributed by atoms with Crippen molar-refractivity contribution in [2.45, 2.75) is 25.6 Å². The normalized spacial score (nSPS) is 20.5. The number of amides is 2. The van der Waals surface area contributed by atoms with E-state index < -0.39 is 23.2 Å². The molecule has 0 spiro atoms. The molecule has 10 heteroatoms. The number of hydrogen-bond donors (Lipinski definition) is 0. The largest absolute Gasteiger partial charge is 0.447 e. The van der Waals surface area contributed by atoms with Gasteiger partial charge in [-0.15, -0.1) is 4.74 Å². The second-order valence-corrected chi connectivity index (χ2v) is 9.26. The van der Waals surface area contributed by atoms with E-state index in [2.05, 4.69) is 4.90 Å². The SMILES string of the molecule is CC1(C)C(n2oc(=O)n(-c3ccccc3)c2=O)N(c2ccccc2)C(=O)N1CCN1CCOCC1. The lowest BCUT2D eigenvalue weighted by atomic mass is 10.00. The van der Waals surface area contributed by atoms with E-state index in [0.717, 1.165) is 22.4 Å². The van der Waals surface area contributed by atoms with Crippen LogP contribution in [0, 0.1) is 0 Å². The number of urea groups is 1. The Morgan fingerprint density at radius 2 is 1.46 bits per heavy atom. The van der Waals surface area contributed by atoms with Gasteiger partial charge < -0.3 is 14.2 Å². The summed E-state index contributed by atoms with van der Waals surface area (Å²) in [6, 6.07) is 17.5. The van der Waals surface area contributed by atoms with Crippen LogP contribution >= 0.6 is 0 Å². The maximum atomic E-state index is 13.8. The third-order valence-electron chi connectivity index (χ3n) is 6.76. The molecule has 0 radical (unpaired) electrons. The van der Waals surface area contributed by atoms with E-state index in [1.165, 1.54) is 0 Å². The highest BCUT2D eigenvalue weighted by Gasteiger charge is 2.55. The predicted molar refractivity (Wildman–Crippen MR) is 130 cm³/mol. The van der Waals surface area contributed by atoms with Crippen molar-refractivity contribution in [1.82, 2.24) is 19.1 Å². The van der Waals surface area contributed by atoms with Gasteiger partial charge in [0, 0.05) is 31.9 Å². The third-order valence-corrected chi connectivity index (χ3v) is 6.76. The maximum absolute atomic E-state index is 13.8. The van der Waals surface area contributed by atoms with Gasteiger partial charge in [-0.25, -0.2) is 14.4 Å². The van der Waals surface area contributed by atoms with E-state index >= 15 is 0 Å². The molecular formula is C25H29N5O5. The number of morpholine rings is 1. The van der Waals surface area contributed by atoms with Crippen molar-refractivity contribution in [1.29, 1.82) is 0 Å². The van der Waals surface area contributed by atoms with Crippen LogP contribution < -0.4 is 16.3 Å². The molecule has 0 N–H and O–H groups in total. The molecule has 0 aliphatic carbocycles. The maximum Gasteiger partial charge on any atom is 0.447 e. The number of ether oxygens (including phenoxy) is 1. The molecule has 0 bridgehead atoms. The molecule has 2 saturated heterocycles. The summed E-state index contributed by atoms with van der Waals surface area (Å²) < 4.78 is 13.0. The van der Waals surface area contributed by atoms with Crippen LogP contribution in [0.2, 0.25) is 0 Å². The van der Waals surface area contributed by atoms with Gasteiger partial charge in [-0.2, -0.15) is 4.57 Å². The van der Waals surface area contributed by atoms with Crippen molar-refractivity contribution in [2.24, 2.45) is 0 Å². The Morgan fingerprint density at radius 1 is 0.857 bits per heavy atom. The Balaban J connectivity index is 1.57. The molecule has 1 aromatic heterocycles. The molecule has 0 saturated carbocycles. The summed E-state index contributed by atoms with van der Waals surface area (Å²) in [5.74, 6) is -0.802. The molecule has 35 heavy (non-hydrogen) atoms. The lowest BCUT2D eigenvalue weighted by Gasteiger charge is -2.35. The van der Waals surface area contributed by atoms with E-state index in [9.17, 15) is 14.4 Å². The molecule has 2 fully saturated rings. The second kappa shape index (κ2) is 9.20. The van der Waals surface area contributed by atoms with Gasteiger partial charge in [0.2, 0.25) is 0 Å². The van der Waals surface area contributed by atoms with Gasteiger partial charge in [-0.3, -0.25) is 9.80 Å². The Kier molecular flexibility index (Phi) is 6.08. The molecule has 2 aliphatic heterocycles. The molecule has 1 unspecified atom stereocenters. The molecule has 10 nitrogen and oxygen atoms in total. The lowest BCUT2D eigenvalue weighted by molar-refractivity contribution is 0.0288. The Hall–Kier alpha value is -3.63. The summed E-state index contributed by atoms with van der Waals surface area (Å²) >= 11 is 0. The monoisotopic (exact) mass is 479 g/mol. The first-order valence-corrected chi connectivity index (χ1v) is 11.8. The fourth-order valence-corrected chi connectivity index (χ4v) is 4.91. The van der Waals surface area contributed by atoms with Crippen LogP contribution in [0.3, 0.4) is 0 Å². The van der Waals surface area contributed by atoms with Crippen molar-refractivity contribution in [3.63, 3.8) is 0 Å². The quantitative estimate of drug-likeness (QED) is 0.538. The first-order chi connectivity index (χ1) is 16.9. The first-order valence-electron chi connectivity index (χ1n) is 11.8. The van der Waals surface area contributed by atoms with Gasteiger partial charge in [0.25, 0.3) is 0 Å². The Labute approximate surface area is 202 Å². The van der Waals surface area contributed by atoms with Crippen molar-refractivity contribution in [3.05, 3.63) is 81.7 Å². The zero-order chi connectivity index (χ0) is 24.6. The van der Waals surface area contributed by atoms with E-state index in [1.807, 2.05) is 44.2 Å². The highest BCUT2D eigenvalue weighted by atomic mass is 16.5. The minimum Gasteiger partial charge on any atom is -0.379 e. The van der Waals surface area contributed by atoms with Crippen molar-refractivity contribution in [3.8, 4) is 5.69 Å². The first kappa shape index (κ1) is 23.1. The van der Waals surface area contributed by atoms with Crippen molar-refractivity contribution >= 4 is 11.7 Å². The number of hydrogen-bond acceptors (Lipinski definition) is 6. The lowest BCUT2D eigenvalue weighted by Crippen LogP contribution is -2.50. The van der Waals surface area contributed by atoms with E-state index in [0.29, 0.717) is 37.7 Å². The standard InChI is InChI=1S/C25H29N5O5/c1-25(2)21(30-23(32)29(24(33)35-30)20-11-7-4-8-12-20)28(19-9-5-3-6-10-19)22(31)27(25)14-13-26-15-17-34-18-16-26/h3-12,21H,13-18H2,1-2H3. The number of nitrogens with zero attached hydrogens (tertiary/aromatic N) is 5. The van der Waals surface area contributed by atoms with Crippen LogP contribution in [-0.2, 0) is 4.74 Å². The Morgan fingerprint density at radius 3 is 2.09 bits per heavy atom. The molecular weight excluding hydrogens is 450 g/mol. The van der Waals surface area contributed by atoms with E-state index in [-0.39, 0.29) is 6.03 Å². The summed E-state index contributed by atoms with van der Waals surface area (Å²) in [7, 11) is 0. The topological polar surface area (TPSA) is 93.2 Å². The van der Waals surface area contributed by atoms with Crippen LogP contribution in [0.4, 0.5) is 10.5 Å². The molecule has 2 aliphatic rings. The number of anilines is 1. The number of rotatable bonds is 6. The number of para-hydroxylation sites is 2. The van der Waals surface area contributed by atoms with Crippen LogP contribution in [0.15, 0.2) is 74.8 Å². The minimum absolute atomic E-state index is 0.249. The Bertz CT molecular complexity index is 1290. The summed E-state index contributed by atoms with van der Waals surface area (Å²) in [5.41, 5.74) is -0.473. The van der Waals surface area contributed by atoms with Gasteiger partial charge in [0.15, 0.2) is 6.17 Å². The fourth-order valence-electron chi connectivity index (χ4n) is 4.91. The van der Waals surface area contributed by atoms with Crippen LogP contribution in [0.5, 0.6) is 0 Å². The molecule has 3 aromatic rings. The number of carbonyl (C=O) groups excluding carboxylic acids is 1. The number of aromatic nitrogens is 2. The highest BCUT2D eigenvalue weighted by Crippen LogP contribution is 2.42. The predicted octanol–water partition coefficient (Wildman–Crippen LogP) is 2.14. The molecule has 3 heterocycles. The van der Waals surface area contributed by atoms with Crippen molar-refractivity contribution < 1.29 is 14.1 Å². The fraction of sp³-hybridized carbons (Fsp3) is 0.400. The van der Waals surface area contributed by atoms with Gasteiger partial charge in [-0.05, 0) is 38.1 Å². The average Bonchev–Trinajstić information content (AvgIpc) is 3.27. The van der Waals surface area contributed by atoms with Crippen molar-refractivity contribution in [2.75, 3.05) is 44.3 Å². The van der Waals surface area contributed by atoms with Gasteiger partial charge >= 0.3 is 17.5 Å². The summed E-state index contributed by atoms with van der Waals surface area (Å²) in [4.78, 5) is 45.7. The average molecular weight is 480 g/mol.